The standard InChI is InChI=1S/C14H18N2S/c1-4-15-14-16-9-13(17-14)12-7-5-11(6-8-12)10(2)3/h5-10H,4H2,1-3H3,(H,15,16). The van der Waals surface area contributed by atoms with Crippen LogP contribution in [0, 0.1) is 0 Å². The average molecular weight is 246 g/mol. The summed E-state index contributed by atoms with van der Waals surface area (Å²) in [6.07, 6.45) is 1.94. The lowest BCUT2D eigenvalue weighted by Crippen LogP contribution is -1.94. The van der Waals surface area contributed by atoms with Gasteiger partial charge in [-0.15, -0.1) is 0 Å². The summed E-state index contributed by atoms with van der Waals surface area (Å²) in [7, 11) is 0. The van der Waals surface area contributed by atoms with E-state index in [2.05, 4.69) is 55.3 Å². The number of hydrogen-bond acceptors (Lipinski definition) is 3. The minimum atomic E-state index is 0.586. The van der Waals surface area contributed by atoms with Crippen LogP contribution in [0.15, 0.2) is 30.5 Å². The van der Waals surface area contributed by atoms with E-state index in [0.29, 0.717) is 5.92 Å². The second kappa shape index (κ2) is 5.32. The maximum absolute atomic E-state index is 4.35. The molecular weight excluding hydrogens is 228 g/mol. The molecular formula is C14H18N2S. The lowest BCUT2D eigenvalue weighted by molar-refractivity contribution is 0.867. The van der Waals surface area contributed by atoms with E-state index in [9.17, 15) is 0 Å². The fourth-order valence-electron chi connectivity index (χ4n) is 1.67. The molecule has 1 aromatic carbocycles. The molecule has 0 saturated carbocycles. The Bertz CT molecular complexity index is 471. The van der Waals surface area contributed by atoms with Gasteiger partial charge in [-0.05, 0) is 24.0 Å². The minimum absolute atomic E-state index is 0.586. The molecule has 0 amide bonds. The van der Waals surface area contributed by atoms with Crippen molar-refractivity contribution in [3.63, 3.8) is 0 Å². The Morgan fingerprint density at radius 2 is 1.94 bits per heavy atom. The fraction of sp³-hybridized carbons (Fsp3) is 0.357. The number of nitrogens with zero attached hydrogens (tertiary/aromatic N) is 1. The maximum atomic E-state index is 4.35. The number of anilines is 1. The van der Waals surface area contributed by atoms with E-state index >= 15 is 0 Å². The van der Waals surface area contributed by atoms with Crippen LogP contribution in [0.25, 0.3) is 10.4 Å². The third kappa shape index (κ3) is 2.86. The van der Waals surface area contributed by atoms with Crippen molar-refractivity contribution in [3.05, 3.63) is 36.0 Å². The van der Waals surface area contributed by atoms with E-state index in [1.807, 2.05) is 6.20 Å². The van der Waals surface area contributed by atoms with Crippen molar-refractivity contribution < 1.29 is 0 Å². The molecule has 0 saturated heterocycles. The van der Waals surface area contributed by atoms with Gasteiger partial charge in [0.15, 0.2) is 5.13 Å². The molecule has 2 aromatic rings. The highest BCUT2D eigenvalue weighted by molar-refractivity contribution is 7.18. The molecule has 3 heteroatoms. The molecule has 1 aromatic heterocycles. The smallest absolute Gasteiger partial charge is 0.183 e. The molecule has 0 atom stereocenters. The maximum Gasteiger partial charge on any atom is 0.183 e. The Labute approximate surface area is 107 Å². The summed E-state index contributed by atoms with van der Waals surface area (Å²) in [4.78, 5) is 5.57. The summed E-state index contributed by atoms with van der Waals surface area (Å²) in [6, 6.07) is 8.76. The molecule has 2 rings (SSSR count). The average Bonchev–Trinajstić information content (AvgIpc) is 2.78. The van der Waals surface area contributed by atoms with Gasteiger partial charge in [-0.2, -0.15) is 0 Å². The molecule has 0 fully saturated rings. The number of hydrogen-bond donors (Lipinski definition) is 1. The molecule has 1 N–H and O–H groups in total. The van der Waals surface area contributed by atoms with Gasteiger partial charge < -0.3 is 5.32 Å². The van der Waals surface area contributed by atoms with E-state index in [4.69, 9.17) is 0 Å². The fourth-order valence-corrected chi connectivity index (χ4v) is 2.56. The van der Waals surface area contributed by atoms with Crippen molar-refractivity contribution in [1.29, 1.82) is 0 Å². The molecule has 0 aliphatic heterocycles. The third-order valence-corrected chi connectivity index (χ3v) is 3.70. The van der Waals surface area contributed by atoms with Crippen molar-refractivity contribution in [3.8, 4) is 10.4 Å². The van der Waals surface area contributed by atoms with Gasteiger partial charge in [0.25, 0.3) is 0 Å². The Kier molecular flexibility index (Phi) is 3.79. The van der Waals surface area contributed by atoms with Crippen molar-refractivity contribution in [2.75, 3.05) is 11.9 Å². The lowest BCUT2D eigenvalue weighted by atomic mass is 10.0. The number of benzene rings is 1. The van der Waals surface area contributed by atoms with E-state index in [-0.39, 0.29) is 0 Å². The second-order valence-electron chi connectivity index (χ2n) is 4.34. The molecule has 0 bridgehead atoms. The van der Waals surface area contributed by atoms with Crippen LogP contribution in [0.1, 0.15) is 32.3 Å². The quantitative estimate of drug-likeness (QED) is 0.866. The van der Waals surface area contributed by atoms with Gasteiger partial charge in [0.1, 0.15) is 0 Å². The summed E-state index contributed by atoms with van der Waals surface area (Å²) in [5, 5.41) is 4.23. The SMILES string of the molecule is CCNc1ncc(-c2ccc(C(C)C)cc2)s1. The zero-order valence-electron chi connectivity index (χ0n) is 10.5. The molecule has 2 nitrogen and oxygen atoms in total. The highest BCUT2D eigenvalue weighted by atomic mass is 32.1. The van der Waals surface area contributed by atoms with Crippen LogP contribution < -0.4 is 5.32 Å². The van der Waals surface area contributed by atoms with Gasteiger partial charge in [0.05, 0.1) is 4.88 Å². The molecule has 0 radical (unpaired) electrons. The van der Waals surface area contributed by atoms with Gasteiger partial charge in [-0.25, -0.2) is 4.98 Å². The number of rotatable bonds is 4. The summed E-state index contributed by atoms with van der Waals surface area (Å²) >= 11 is 1.70. The zero-order chi connectivity index (χ0) is 12.3. The van der Waals surface area contributed by atoms with Crippen molar-refractivity contribution in [2.45, 2.75) is 26.7 Å². The first kappa shape index (κ1) is 12.1. The molecule has 17 heavy (non-hydrogen) atoms. The Balaban J connectivity index is 2.21. The normalized spacial score (nSPS) is 10.8. The highest BCUT2D eigenvalue weighted by Gasteiger charge is 2.04. The van der Waals surface area contributed by atoms with E-state index in [0.717, 1.165) is 11.7 Å². The lowest BCUT2D eigenvalue weighted by Gasteiger charge is -2.05. The first-order valence-corrected chi connectivity index (χ1v) is 6.82. The summed E-state index contributed by atoms with van der Waals surface area (Å²) in [5.41, 5.74) is 2.63. The largest absolute Gasteiger partial charge is 0.362 e. The van der Waals surface area contributed by atoms with Crippen LogP contribution in [-0.4, -0.2) is 11.5 Å². The van der Waals surface area contributed by atoms with Crippen LogP contribution >= 0.6 is 11.3 Å². The Morgan fingerprint density at radius 3 is 2.53 bits per heavy atom. The summed E-state index contributed by atoms with van der Waals surface area (Å²) in [6.45, 7) is 7.42. The van der Waals surface area contributed by atoms with Crippen LogP contribution in [0.2, 0.25) is 0 Å². The van der Waals surface area contributed by atoms with Crippen LogP contribution in [-0.2, 0) is 0 Å². The first-order valence-electron chi connectivity index (χ1n) is 6.00. The van der Waals surface area contributed by atoms with E-state index in [1.165, 1.54) is 16.0 Å². The molecule has 0 aliphatic rings. The second-order valence-corrected chi connectivity index (χ2v) is 5.37. The van der Waals surface area contributed by atoms with E-state index in [1.54, 1.807) is 11.3 Å². The van der Waals surface area contributed by atoms with Crippen LogP contribution in [0.5, 0.6) is 0 Å². The van der Waals surface area contributed by atoms with E-state index < -0.39 is 0 Å². The highest BCUT2D eigenvalue weighted by Crippen LogP contribution is 2.29. The van der Waals surface area contributed by atoms with Gasteiger partial charge in [0, 0.05) is 12.7 Å². The number of thiazole rings is 1. The third-order valence-electron chi connectivity index (χ3n) is 2.70. The van der Waals surface area contributed by atoms with Crippen molar-refractivity contribution >= 4 is 16.5 Å². The van der Waals surface area contributed by atoms with Gasteiger partial charge in [0.2, 0.25) is 0 Å². The summed E-state index contributed by atoms with van der Waals surface area (Å²) in [5.74, 6) is 0.586. The summed E-state index contributed by atoms with van der Waals surface area (Å²) < 4.78 is 0. The molecule has 0 aliphatic carbocycles. The number of nitrogens with one attached hydrogen (secondary N) is 1. The molecule has 1 heterocycles. The number of aromatic nitrogens is 1. The zero-order valence-corrected chi connectivity index (χ0v) is 11.3. The van der Waals surface area contributed by atoms with Gasteiger partial charge in [-0.3, -0.25) is 0 Å². The predicted octanol–water partition coefficient (Wildman–Crippen LogP) is 4.37. The molecule has 90 valence electrons. The molecule has 0 unspecified atom stereocenters. The minimum Gasteiger partial charge on any atom is -0.362 e. The Morgan fingerprint density at radius 1 is 1.24 bits per heavy atom. The topological polar surface area (TPSA) is 24.9 Å². The van der Waals surface area contributed by atoms with Gasteiger partial charge >= 0.3 is 0 Å². The van der Waals surface area contributed by atoms with Crippen LogP contribution in [0.4, 0.5) is 5.13 Å². The predicted molar refractivity (Wildman–Crippen MR) is 75.8 cm³/mol. The first-order chi connectivity index (χ1) is 8.20. The van der Waals surface area contributed by atoms with Crippen molar-refractivity contribution in [1.82, 2.24) is 4.98 Å². The Hall–Kier alpha value is -1.35. The van der Waals surface area contributed by atoms with Crippen LogP contribution in [0.3, 0.4) is 0 Å². The molecule has 0 spiro atoms. The van der Waals surface area contributed by atoms with Gasteiger partial charge in [-0.1, -0.05) is 49.4 Å². The monoisotopic (exact) mass is 246 g/mol. The van der Waals surface area contributed by atoms with Crippen molar-refractivity contribution in [2.24, 2.45) is 0 Å².